The Morgan fingerprint density at radius 1 is 1.20 bits per heavy atom. The number of benzene rings is 1. The summed E-state index contributed by atoms with van der Waals surface area (Å²) in [7, 11) is 0.791. The molecule has 6 heteroatoms. The number of guanidine groups is 1. The Hall–Kier alpha value is -0.630. The van der Waals surface area contributed by atoms with E-state index in [0.717, 1.165) is 30.2 Å². The van der Waals surface area contributed by atoms with Crippen LogP contribution in [0.3, 0.4) is 0 Å². The van der Waals surface area contributed by atoms with Crippen LogP contribution in [-0.2, 0) is 10.8 Å². The molecule has 1 rings (SSSR count). The first-order valence-corrected chi connectivity index (χ1v) is 7.97. The fraction of sp³-hybridized carbons (Fsp3) is 0.500. The highest BCUT2D eigenvalue weighted by Gasteiger charge is 2.03. The van der Waals surface area contributed by atoms with E-state index in [1.54, 1.807) is 7.05 Å². The van der Waals surface area contributed by atoms with Crippen LogP contribution in [0.2, 0.25) is 0 Å². The summed E-state index contributed by atoms with van der Waals surface area (Å²) in [6, 6.07) is 9.53. The minimum atomic E-state index is -0.954. The lowest BCUT2D eigenvalue weighted by atomic mass is 10.3. The largest absolute Gasteiger partial charge is 0.356 e. The van der Waals surface area contributed by atoms with E-state index in [1.165, 1.54) is 0 Å². The van der Waals surface area contributed by atoms with Crippen molar-refractivity contribution in [3.05, 3.63) is 30.3 Å². The van der Waals surface area contributed by atoms with Crippen molar-refractivity contribution >= 4 is 40.7 Å². The van der Waals surface area contributed by atoms with Crippen LogP contribution in [0.4, 0.5) is 0 Å². The molecule has 0 aliphatic heterocycles. The molecule has 0 saturated carbocycles. The van der Waals surface area contributed by atoms with E-state index >= 15 is 0 Å². The Morgan fingerprint density at radius 3 is 2.45 bits per heavy atom. The summed E-state index contributed by atoms with van der Waals surface area (Å²) in [6.07, 6.45) is 2.28. The minimum Gasteiger partial charge on any atom is -0.356 e. The van der Waals surface area contributed by atoms with E-state index in [-0.39, 0.29) is 24.0 Å². The number of aliphatic imine (C=N–C) groups is 1. The molecule has 0 fully saturated rings. The molecule has 0 aliphatic carbocycles. The summed E-state index contributed by atoms with van der Waals surface area (Å²) in [5.41, 5.74) is 0. The van der Waals surface area contributed by atoms with Crippen LogP contribution >= 0.6 is 24.0 Å². The molecule has 0 aromatic heterocycles. The van der Waals surface area contributed by atoms with Crippen molar-refractivity contribution in [1.82, 2.24) is 10.6 Å². The van der Waals surface area contributed by atoms with Crippen LogP contribution in [0.15, 0.2) is 40.2 Å². The maximum atomic E-state index is 12.0. The van der Waals surface area contributed by atoms with Crippen molar-refractivity contribution in [2.75, 3.05) is 25.9 Å². The second-order valence-corrected chi connectivity index (χ2v) is 5.71. The predicted octanol–water partition coefficient (Wildman–Crippen LogP) is 2.38. The van der Waals surface area contributed by atoms with Crippen molar-refractivity contribution < 1.29 is 4.21 Å². The predicted molar refractivity (Wildman–Crippen MR) is 97.4 cm³/mol. The summed E-state index contributed by atoms with van der Waals surface area (Å²) in [5, 5.41) is 6.40. The molecule has 0 bridgehead atoms. The molecular weight excluding hydrogens is 385 g/mol. The smallest absolute Gasteiger partial charge is 0.191 e. The zero-order chi connectivity index (χ0) is 13.9. The van der Waals surface area contributed by atoms with Crippen molar-refractivity contribution in [3.63, 3.8) is 0 Å². The summed E-state index contributed by atoms with van der Waals surface area (Å²) in [6.45, 7) is 3.71. The molecule has 2 N–H and O–H groups in total. The molecule has 1 atom stereocenters. The molecule has 4 nitrogen and oxygen atoms in total. The molecule has 0 spiro atoms. The van der Waals surface area contributed by atoms with Gasteiger partial charge in [0.05, 0.1) is 10.8 Å². The Kier molecular flexibility index (Phi) is 11.8. The monoisotopic (exact) mass is 409 g/mol. The second kappa shape index (κ2) is 12.1. The average molecular weight is 409 g/mol. The van der Waals surface area contributed by atoms with Gasteiger partial charge in [-0.2, -0.15) is 0 Å². The van der Waals surface area contributed by atoms with Crippen LogP contribution in [0.5, 0.6) is 0 Å². The van der Waals surface area contributed by atoms with Gasteiger partial charge in [-0.1, -0.05) is 31.5 Å². The first-order chi connectivity index (χ1) is 9.27. The molecule has 0 heterocycles. The molecule has 1 unspecified atom stereocenters. The molecule has 1 aromatic rings. The van der Waals surface area contributed by atoms with Gasteiger partial charge in [0.2, 0.25) is 0 Å². The zero-order valence-corrected chi connectivity index (χ0v) is 15.2. The Labute approximate surface area is 141 Å². The number of hydrogen-bond acceptors (Lipinski definition) is 2. The highest BCUT2D eigenvalue weighted by molar-refractivity contribution is 14.0. The van der Waals surface area contributed by atoms with E-state index < -0.39 is 10.8 Å². The van der Waals surface area contributed by atoms with Gasteiger partial charge in [0.25, 0.3) is 0 Å². The topological polar surface area (TPSA) is 53.5 Å². The van der Waals surface area contributed by atoms with Crippen molar-refractivity contribution in [1.29, 1.82) is 0 Å². The molecule has 20 heavy (non-hydrogen) atoms. The fourth-order valence-corrected chi connectivity index (χ4v) is 2.54. The molecule has 0 amide bonds. The van der Waals surface area contributed by atoms with Gasteiger partial charge < -0.3 is 10.6 Å². The van der Waals surface area contributed by atoms with Gasteiger partial charge in [0.15, 0.2) is 5.96 Å². The average Bonchev–Trinajstić information content (AvgIpc) is 2.46. The standard InChI is InChI=1S/C14H23N3OS.HI/c1-3-4-10-16-14(15-2)17-11-12-19(18)13-8-6-5-7-9-13;/h5-9H,3-4,10-12H2,1-2H3,(H2,15,16,17);1H. The molecule has 0 saturated heterocycles. The summed E-state index contributed by atoms with van der Waals surface area (Å²) in [4.78, 5) is 5.00. The fourth-order valence-electron chi connectivity index (χ4n) is 1.56. The second-order valence-electron chi connectivity index (χ2n) is 4.14. The van der Waals surface area contributed by atoms with Crippen LogP contribution < -0.4 is 10.6 Å². The highest BCUT2D eigenvalue weighted by Crippen LogP contribution is 2.04. The van der Waals surface area contributed by atoms with Gasteiger partial charge in [0, 0.05) is 30.8 Å². The van der Waals surface area contributed by atoms with Crippen LogP contribution in [0.25, 0.3) is 0 Å². The number of rotatable bonds is 7. The Bertz CT molecular complexity index is 412. The van der Waals surface area contributed by atoms with Crippen molar-refractivity contribution in [2.45, 2.75) is 24.7 Å². The van der Waals surface area contributed by atoms with Gasteiger partial charge in [0.1, 0.15) is 0 Å². The summed E-state index contributed by atoms with van der Waals surface area (Å²) in [5.74, 6) is 1.36. The van der Waals surface area contributed by atoms with Crippen LogP contribution in [-0.4, -0.2) is 36.1 Å². The van der Waals surface area contributed by atoms with E-state index in [1.807, 2.05) is 30.3 Å². The van der Waals surface area contributed by atoms with Crippen molar-refractivity contribution in [3.8, 4) is 0 Å². The molecule has 0 radical (unpaired) electrons. The lowest BCUT2D eigenvalue weighted by Crippen LogP contribution is -2.39. The van der Waals surface area contributed by atoms with Gasteiger partial charge in [-0.15, -0.1) is 24.0 Å². The Morgan fingerprint density at radius 2 is 1.85 bits per heavy atom. The quantitative estimate of drug-likeness (QED) is 0.315. The lowest BCUT2D eigenvalue weighted by Gasteiger charge is -2.11. The summed E-state index contributed by atoms with van der Waals surface area (Å²) >= 11 is 0. The van der Waals surface area contributed by atoms with Crippen molar-refractivity contribution in [2.24, 2.45) is 4.99 Å². The molecule has 0 aliphatic rings. The molecule has 1 aromatic carbocycles. The maximum Gasteiger partial charge on any atom is 0.191 e. The van der Waals surface area contributed by atoms with Gasteiger partial charge in [-0.25, -0.2) is 0 Å². The first kappa shape index (κ1) is 19.4. The normalized spacial score (nSPS) is 12.4. The SMILES string of the molecule is CCCCNC(=NC)NCCS(=O)c1ccccc1.I. The third kappa shape index (κ3) is 7.84. The van der Waals surface area contributed by atoms with Gasteiger partial charge >= 0.3 is 0 Å². The number of nitrogens with zero attached hydrogens (tertiary/aromatic N) is 1. The first-order valence-electron chi connectivity index (χ1n) is 6.66. The summed E-state index contributed by atoms with van der Waals surface area (Å²) < 4.78 is 12.0. The number of nitrogens with one attached hydrogen (secondary N) is 2. The Balaban J connectivity index is 0.00000361. The van der Waals surface area contributed by atoms with E-state index in [9.17, 15) is 4.21 Å². The van der Waals surface area contributed by atoms with Gasteiger partial charge in [-0.05, 0) is 18.6 Å². The molecular formula is C14H24IN3OS. The van der Waals surface area contributed by atoms with Crippen LogP contribution in [0.1, 0.15) is 19.8 Å². The third-order valence-electron chi connectivity index (χ3n) is 2.63. The minimum absolute atomic E-state index is 0. The molecule has 114 valence electrons. The lowest BCUT2D eigenvalue weighted by molar-refractivity contribution is 0.680. The zero-order valence-electron chi connectivity index (χ0n) is 12.1. The number of hydrogen-bond donors (Lipinski definition) is 2. The number of unbranched alkanes of at least 4 members (excludes halogenated alkanes) is 1. The number of halogens is 1. The van der Waals surface area contributed by atoms with E-state index in [4.69, 9.17) is 0 Å². The van der Waals surface area contributed by atoms with Crippen LogP contribution in [0, 0.1) is 0 Å². The van der Waals surface area contributed by atoms with Gasteiger partial charge in [-0.3, -0.25) is 9.20 Å². The highest BCUT2D eigenvalue weighted by atomic mass is 127. The van der Waals surface area contributed by atoms with E-state index in [2.05, 4.69) is 22.5 Å². The third-order valence-corrected chi connectivity index (χ3v) is 4.01. The van der Waals surface area contributed by atoms with E-state index in [0.29, 0.717) is 12.3 Å². The maximum absolute atomic E-state index is 12.0.